The number of carbonyl (C=O) groups excluding carboxylic acids is 1. The highest BCUT2D eigenvalue weighted by Gasteiger charge is 2.10. The van der Waals surface area contributed by atoms with E-state index in [4.69, 9.17) is 0 Å². The predicted molar refractivity (Wildman–Crippen MR) is 87.8 cm³/mol. The minimum absolute atomic E-state index is 0.148. The first-order valence-electron chi connectivity index (χ1n) is 7.56. The van der Waals surface area contributed by atoms with Crippen molar-refractivity contribution in [2.75, 3.05) is 18.5 Å². The van der Waals surface area contributed by atoms with Crippen LogP contribution in [0.15, 0.2) is 42.7 Å². The lowest BCUT2D eigenvalue weighted by atomic mass is 10.2. The minimum Gasteiger partial charge on any atom is -0.355 e. The Morgan fingerprint density at radius 2 is 2.00 bits per heavy atom. The molecule has 0 unspecified atom stereocenters. The number of unbranched alkanes of at least 4 members (excludes halogenated alkanes) is 1. The van der Waals surface area contributed by atoms with Gasteiger partial charge in [0.15, 0.2) is 0 Å². The van der Waals surface area contributed by atoms with Crippen LogP contribution in [0.25, 0.3) is 0 Å². The summed E-state index contributed by atoms with van der Waals surface area (Å²) in [4.78, 5) is 22.3. The van der Waals surface area contributed by atoms with Gasteiger partial charge in [-0.25, -0.2) is 9.97 Å². The lowest BCUT2D eigenvalue weighted by Gasteiger charge is -2.18. The molecule has 0 spiro atoms. The van der Waals surface area contributed by atoms with Crippen molar-refractivity contribution in [3.63, 3.8) is 0 Å². The van der Waals surface area contributed by atoms with E-state index in [-0.39, 0.29) is 5.91 Å². The Kier molecular flexibility index (Phi) is 5.89. The van der Waals surface area contributed by atoms with Crippen LogP contribution in [-0.4, -0.2) is 29.5 Å². The van der Waals surface area contributed by atoms with E-state index in [1.54, 1.807) is 6.07 Å². The topological polar surface area (TPSA) is 58.1 Å². The zero-order valence-electron chi connectivity index (χ0n) is 13.1. The van der Waals surface area contributed by atoms with Crippen molar-refractivity contribution in [1.82, 2.24) is 15.3 Å². The second kappa shape index (κ2) is 8.12. The van der Waals surface area contributed by atoms with Crippen molar-refractivity contribution in [2.45, 2.75) is 26.3 Å². The minimum atomic E-state index is -0.148. The highest BCUT2D eigenvalue weighted by Crippen LogP contribution is 2.13. The highest BCUT2D eigenvalue weighted by molar-refractivity contribution is 5.92. The molecule has 116 valence electrons. The zero-order chi connectivity index (χ0) is 15.8. The first kappa shape index (κ1) is 15.9. The molecule has 1 heterocycles. The van der Waals surface area contributed by atoms with Crippen molar-refractivity contribution in [3.8, 4) is 0 Å². The molecule has 0 atom stereocenters. The monoisotopic (exact) mass is 298 g/mol. The molecule has 0 aliphatic rings. The van der Waals surface area contributed by atoms with Gasteiger partial charge in [-0.15, -0.1) is 0 Å². The van der Waals surface area contributed by atoms with E-state index >= 15 is 0 Å². The summed E-state index contributed by atoms with van der Waals surface area (Å²) in [6.07, 6.45) is 3.46. The molecule has 0 bridgehead atoms. The first-order valence-corrected chi connectivity index (χ1v) is 7.56. The zero-order valence-corrected chi connectivity index (χ0v) is 13.1. The molecule has 22 heavy (non-hydrogen) atoms. The molecule has 1 aromatic heterocycles. The molecule has 2 rings (SSSR count). The molecule has 0 fully saturated rings. The van der Waals surface area contributed by atoms with Crippen molar-refractivity contribution in [3.05, 3.63) is 54.0 Å². The summed E-state index contributed by atoms with van der Waals surface area (Å²) >= 11 is 0. The van der Waals surface area contributed by atoms with Gasteiger partial charge in [0.05, 0.1) is 0 Å². The van der Waals surface area contributed by atoms with E-state index in [0.717, 1.165) is 25.2 Å². The van der Waals surface area contributed by atoms with Gasteiger partial charge in [0.25, 0.3) is 5.91 Å². The molecule has 5 nitrogen and oxygen atoms in total. The van der Waals surface area contributed by atoms with Crippen LogP contribution >= 0.6 is 0 Å². The third-order valence-electron chi connectivity index (χ3n) is 3.35. The average molecular weight is 298 g/mol. The summed E-state index contributed by atoms with van der Waals surface area (Å²) in [5.41, 5.74) is 1.60. The van der Waals surface area contributed by atoms with Gasteiger partial charge in [0.1, 0.15) is 17.8 Å². The Balaban J connectivity index is 2.02. The predicted octanol–water partition coefficient (Wildman–Crippen LogP) is 2.64. The Bertz CT molecular complexity index is 601. The van der Waals surface area contributed by atoms with Crippen LogP contribution < -0.4 is 10.2 Å². The van der Waals surface area contributed by atoms with Crippen LogP contribution in [0.3, 0.4) is 0 Å². The number of hydrogen-bond acceptors (Lipinski definition) is 4. The van der Waals surface area contributed by atoms with Gasteiger partial charge in [0, 0.05) is 26.2 Å². The van der Waals surface area contributed by atoms with E-state index < -0.39 is 0 Å². The largest absolute Gasteiger partial charge is 0.355 e. The fourth-order valence-corrected chi connectivity index (χ4v) is 2.09. The second-order valence-corrected chi connectivity index (χ2v) is 5.21. The molecule has 0 aliphatic carbocycles. The smallest absolute Gasteiger partial charge is 0.270 e. The number of rotatable bonds is 7. The molecule has 1 aromatic carbocycles. The summed E-state index contributed by atoms with van der Waals surface area (Å²) in [6, 6.07) is 11.9. The molecule has 1 N–H and O–H groups in total. The molecule has 0 saturated heterocycles. The van der Waals surface area contributed by atoms with Crippen LogP contribution in [0.4, 0.5) is 5.82 Å². The summed E-state index contributed by atoms with van der Waals surface area (Å²) < 4.78 is 0. The van der Waals surface area contributed by atoms with Crippen LogP contribution in [0.1, 0.15) is 35.8 Å². The SMILES string of the molecule is CCCCNC(=O)c1cc(N(C)Cc2ccccc2)ncn1. The molecule has 0 saturated carbocycles. The van der Waals surface area contributed by atoms with E-state index in [1.165, 1.54) is 11.9 Å². The number of nitrogens with one attached hydrogen (secondary N) is 1. The number of aromatic nitrogens is 2. The molecular weight excluding hydrogens is 276 g/mol. The number of nitrogens with zero attached hydrogens (tertiary/aromatic N) is 3. The van der Waals surface area contributed by atoms with Gasteiger partial charge >= 0.3 is 0 Å². The maximum atomic E-state index is 12.0. The van der Waals surface area contributed by atoms with E-state index in [0.29, 0.717) is 12.2 Å². The van der Waals surface area contributed by atoms with Gasteiger partial charge in [0.2, 0.25) is 0 Å². The maximum absolute atomic E-state index is 12.0. The summed E-state index contributed by atoms with van der Waals surface area (Å²) in [7, 11) is 1.95. The van der Waals surface area contributed by atoms with E-state index in [9.17, 15) is 4.79 Å². The Morgan fingerprint density at radius 1 is 1.23 bits per heavy atom. The lowest BCUT2D eigenvalue weighted by molar-refractivity contribution is 0.0948. The lowest BCUT2D eigenvalue weighted by Crippen LogP contribution is -2.26. The van der Waals surface area contributed by atoms with Crippen molar-refractivity contribution < 1.29 is 4.79 Å². The number of benzene rings is 1. The standard InChI is InChI=1S/C17H22N4O/c1-3-4-10-18-17(22)15-11-16(20-13-19-15)21(2)12-14-8-6-5-7-9-14/h5-9,11,13H,3-4,10,12H2,1-2H3,(H,18,22). The first-order chi connectivity index (χ1) is 10.7. The highest BCUT2D eigenvalue weighted by atomic mass is 16.1. The van der Waals surface area contributed by atoms with E-state index in [2.05, 4.69) is 34.3 Å². The van der Waals surface area contributed by atoms with Crippen LogP contribution in [0.5, 0.6) is 0 Å². The van der Waals surface area contributed by atoms with Crippen LogP contribution in [-0.2, 0) is 6.54 Å². The Hall–Kier alpha value is -2.43. The van der Waals surface area contributed by atoms with Crippen molar-refractivity contribution >= 4 is 11.7 Å². The number of anilines is 1. The molecule has 2 aromatic rings. The number of carbonyl (C=O) groups is 1. The number of amides is 1. The third kappa shape index (κ3) is 4.55. The van der Waals surface area contributed by atoms with Gasteiger partial charge in [-0.05, 0) is 12.0 Å². The normalized spacial score (nSPS) is 10.3. The summed E-state index contributed by atoms with van der Waals surface area (Å²) in [5.74, 6) is 0.588. The quantitative estimate of drug-likeness (QED) is 0.798. The second-order valence-electron chi connectivity index (χ2n) is 5.21. The van der Waals surface area contributed by atoms with E-state index in [1.807, 2.05) is 30.1 Å². The fourth-order valence-electron chi connectivity index (χ4n) is 2.09. The maximum Gasteiger partial charge on any atom is 0.270 e. The van der Waals surface area contributed by atoms with Gasteiger partial charge in [-0.2, -0.15) is 0 Å². The Labute approximate surface area is 131 Å². The average Bonchev–Trinajstić information content (AvgIpc) is 2.56. The molecule has 0 aliphatic heterocycles. The summed E-state index contributed by atoms with van der Waals surface area (Å²) in [5, 5.41) is 2.87. The molecular formula is C17H22N4O. The van der Waals surface area contributed by atoms with Gasteiger partial charge in [-0.1, -0.05) is 43.7 Å². The van der Waals surface area contributed by atoms with Crippen LogP contribution in [0, 0.1) is 0 Å². The van der Waals surface area contributed by atoms with Gasteiger partial charge in [-0.3, -0.25) is 4.79 Å². The third-order valence-corrected chi connectivity index (χ3v) is 3.35. The van der Waals surface area contributed by atoms with Gasteiger partial charge < -0.3 is 10.2 Å². The van der Waals surface area contributed by atoms with Crippen molar-refractivity contribution in [2.24, 2.45) is 0 Å². The molecule has 5 heteroatoms. The fraction of sp³-hybridized carbons (Fsp3) is 0.353. The Morgan fingerprint density at radius 3 is 2.73 bits per heavy atom. The molecule has 0 radical (unpaired) electrons. The summed E-state index contributed by atoms with van der Waals surface area (Å²) in [6.45, 7) is 3.50. The number of hydrogen-bond donors (Lipinski definition) is 1. The van der Waals surface area contributed by atoms with Crippen LogP contribution in [0.2, 0.25) is 0 Å². The molecule has 1 amide bonds. The van der Waals surface area contributed by atoms with Crippen molar-refractivity contribution in [1.29, 1.82) is 0 Å².